The molecule has 0 N–H and O–H groups in total. The molecule has 20 heavy (non-hydrogen) atoms. The van der Waals surface area contributed by atoms with E-state index in [1.54, 1.807) is 12.7 Å². The number of methoxy groups -OCH3 is 1. The molecular weight excluding hydrogens is 312 g/mol. The Labute approximate surface area is 131 Å². The van der Waals surface area contributed by atoms with E-state index >= 15 is 0 Å². The first-order chi connectivity index (χ1) is 9.48. The Balaban J connectivity index is 1.96. The first-order valence-electron chi connectivity index (χ1n) is 7.85. The van der Waals surface area contributed by atoms with Crippen LogP contribution in [-0.4, -0.2) is 11.4 Å². The van der Waals surface area contributed by atoms with Gasteiger partial charge in [0.15, 0.2) is 0 Å². The molecule has 1 aromatic carbocycles. The monoisotopic (exact) mass is 336 g/mol. The minimum Gasteiger partial charge on any atom is -0.496 e. The van der Waals surface area contributed by atoms with Gasteiger partial charge < -0.3 is 4.74 Å². The molecule has 3 aliphatic rings. The summed E-state index contributed by atoms with van der Waals surface area (Å²) < 4.78 is 5.99. The van der Waals surface area contributed by atoms with E-state index < -0.39 is 0 Å². The van der Waals surface area contributed by atoms with E-state index in [1.807, 2.05) is 0 Å². The summed E-state index contributed by atoms with van der Waals surface area (Å²) in [5.41, 5.74) is 3.35. The highest BCUT2D eigenvalue weighted by Crippen LogP contribution is 2.57. The Morgan fingerprint density at radius 1 is 1.05 bits per heavy atom. The smallest absolute Gasteiger partial charge is 0.122 e. The maximum Gasteiger partial charge on any atom is 0.122 e. The molecule has 0 saturated heterocycles. The number of halogens is 1. The van der Waals surface area contributed by atoms with Gasteiger partial charge >= 0.3 is 0 Å². The quantitative estimate of drug-likeness (QED) is 0.656. The van der Waals surface area contributed by atoms with Gasteiger partial charge in [-0.05, 0) is 67.1 Å². The summed E-state index contributed by atoms with van der Waals surface area (Å²) >= 11 is 3.97. The van der Waals surface area contributed by atoms with Crippen molar-refractivity contribution in [2.75, 3.05) is 7.11 Å². The van der Waals surface area contributed by atoms with Crippen LogP contribution in [0.25, 0.3) is 0 Å². The zero-order valence-electron chi connectivity index (χ0n) is 12.8. The molecule has 0 amide bonds. The van der Waals surface area contributed by atoms with Crippen molar-refractivity contribution in [1.29, 1.82) is 0 Å². The fourth-order valence-corrected chi connectivity index (χ4v) is 4.68. The Bertz CT molecular complexity index is 482. The molecule has 0 radical (unpaired) electrons. The predicted octanol–water partition coefficient (Wildman–Crippen LogP) is 5.56. The fraction of sp³-hybridized carbons (Fsp3) is 0.667. The number of rotatable bonds is 3. The van der Waals surface area contributed by atoms with Gasteiger partial charge in [0.1, 0.15) is 5.75 Å². The van der Waals surface area contributed by atoms with E-state index in [0.717, 1.165) is 5.75 Å². The molecule has 1 aromatic rings. The van der Waals surface area contributed by atoms with Gasteiger partial charge in [-0.3, -0.25) is 0 Å². The van der Waals surface area contributed by atoms with Crippen molar-refractivity contribution in [2.45, 2.75) is 68.0 Å². The third-order valence-electron chi connectivity index (χ3n) is 5.62. The first-order valence-corrected chi connectivity index (χ1v) is 8.65. The van der Waals surface area contributed by atoms with Crippen molar-refractivity contribution in [1.82, 2.24) is 0 Å². The number of ether oxygens (including phenoxy) is 1. The van der Waals surface area contributed by atoms with Crippen LogP contribution in [0.3, 0.4) is 0 Å². The van der Waals surface area contributed by atoms with E-state index in [1.165, 1.54) is 44.1 Å². The largest absolute Gasteiger partial charge is 0.496 e. The molecule has 0 aromatic heterocycles. The third-order valence-corrected chi connectivity index (χ3v) is 6.81. The molecule has 0 unspecified atom stereocenters. The molecule has 3 fully saturated rings. The number of hydrogen-bond donors (Lipinski definition) is 0. The van der Waals surface area contributed by atoms with Crippen molar-refractivity contribution >= 4 is 15.9 Å². The van der Waals surface area contributed by atoms with Crippen LogP contribution >= 0.6 is 15.9 Å². The summed E-state index contributed by atoms with van der Waals surface area (Å²) in [7, 11) is 1.78. The van der Waals surface area contributed by atoms with Crippen molar-refractivity contribution in [3.63, 3.8) is 0 Å². The summed E-state index contributed by atoms with van der Waals surface area (Å²) in [6, 6.07) is 6.93. The maximum atomic E-state index is 5.53. The molecule has 4 rings (SSSR count). The van der Waals surface area contributed by atoms with Crippen molar-refractivity contribution in [2.24, 2.45) is 0 Å². The normalized spacial score (nSPS) is 32.6. The summed E-state index contributed by atoms with van der Waals surface area (Å²) in [4.78, 5) is 0. The van der Waals surface area contributed by atoms with Crippen molar-refractivity contribution in [3.8, 4) is 5.75 Å². The lowest BCUT2D eigenvalue weighted by molar-refractivity contribution is 0.162. The second-order valence-corrected chi connectivity index (χ2v) is 8.72. The topological polar surface area (TPSA) is 9.23 Å². The van der Waals surface area contributed by atoms with Crippen molar-refractivity contribution < 1.29 is 4.74 Å². The molecule has 110 valence electrons. The second-order valence-electron chi connectivity index (χ2n) is 7.04. The summed E-state index contributed by atoms with van der Waals surface area (Å²) in [5, 5.41) is 0. The second kappa shape index (κ2) is 5.05. The van der Waals surface area contributed by atoms with E-state index in [-0.39, 0.29) is 0 Å². The molecule has 0 aliphatic heterocycles. The van der Waals surface area contributed by atoms with Gasteiger partial charge in [-0.15, -0.1) is 0 Å². The first kappa shape index (κ1) is 14.4. The Kier molecular flexibility index (Phi) is 3.64. The fourth-order valence-electron chi connectivity index (χ4n) is 4.09. The van der Waals surface area contributed by atoms with Gasteiger partial charge in [-0.1, -0.05) is 41.9 Å². The van der Waals surface area contributed by atoms with Crippen LogP contribution in [0.5, 0.6) is 5.75 Å². The van der Waals surface area contributed by atoms with Crippen LogP contribution in [0.1, 0.15) is 69.4 Å². The molecule has 0 spiro atoms. The van der Waals surface area contributed by atoms with E-state index in [4.69, 9.17) is 4.74 Å². The minimum atomic E-state index is 0.436. The van der Waals surface area contributed by atoms with Gasteiger partial charge in [-0.25, -0.2) is 0 Å². The standard InChI is InChI=1S/C18H25BrO/c1-13(2)15-12-14(4-5-16(15)20-3)17-6-9-18(19,10-7-17)11-8-17/h4-5,12-13H,6-11H2,1-3H3. The number of fused-ring (bicyclic) bond motifs is 3. The maximum absolute atomic E-state index is 5.53. The van der Waals surface area contributed by atoms with Crippen LogP contribution in [0.4, 0.5) is 0 Å². The van der Waals surface area contributed by atoms with Gasteiger partial charge in [0, 0.05) is 4.32 Å². The molecule has 3 aliphatic carbocycles. The van der Waals surface area contributed by atoms with E-state index in [9.17, 15) is 0 Å². The Morgan fingerprint density at radius 2 is 1.65 bits per heavy atom. The van der Waals surface area contributed by atoms with Gasteiger partial charge in [0.25, 0.3) is 0 Å². The van der Waals surface area contributed by atoms with Gasteiger partial charge in [0.05, 0.1) is 7.11 Å². The van der Waals surface area contributed by atoms with Crippen LogP contribution in [-0.2, 0) is 5.41 Å². The van der Waals surface area contributed by atoms with E-state index in [2.05, 4.69) is 48.0 Å². The third kappa shape index (κ3) is 2.30. The van der Waals surface area contributed by atoms with Gasteiger partial charge in [0.2, 0.25) is 0 Å². The lowest BCUT2D eigenvalue weighted by Crippen LogP contribution is -2.44. The molecule has 1 nitrogen and oxygen atoms in total. The summed E-state index contributed by atoms with van der Waals surface area (Å²) in [6.45, 7) is 4.51. The number of hydrogen-bond acceptors (Lipinski definition) is 1. The van der Waals surface area contributed by atoms with Gasteiger partial charge in [-0.2, -0.15) is 0 Å². The SMILES string of the molecule is COc1ccc(C23CCC(Br)(CC2)CC3)cc1C(C)C. The summed E-state index contributed by atoms with van der Waals surface area (Å²) in [6.07, 6.45) is 7.99. The molecule has 3 saturated carbocycles. The molecule has 0 atom stereocenters. The average Bonchev–Trinajstić information content (AvgIpc) is 2.47. The molecule has 2 bridgehead atoms. The number of alkyl halides is 1. The molecular formula is C18H25BrO. The highest BCUT2D eigenvalue weighted by Gasteiger charge is 2.48. The average molecular weight is 337 g/mol. The van der Waals surface area contributed by atoms with Crippen LogP contribution in [0, 0.1) is 0 Å². The Hall–Kier alpha value is -0.500. The molecule has 2 heteroatoms. The zero-order valence-corrected chi connectivity index (χ0v) is 14.4. The predicted molar refractivity (Wildman–Crippen MR) is 88.1 cm³/mol. The minimum absolute atomic E-state index is 0.436. The zero-order chi connectivity index (χ0) is 14.4. The Morgan fingerprint density at radius 3 is 2.15 bits per heavy atom. The number of benzene rings is 1. The lowest BCUT2D eigenvalue weighted by Gasteiger charge is -2.51. The van der Waals surface area contributed by atoms with Crippen LogP contribution in [0.15, 0.2) is 18.2 Å². The van der Waals surface area contributed by atoms with Crippen LogP contribution < -0.4 is 4.74 Å². The molecule has 0 heterocycles. The lowest BCUT2D eigenvalue weighted by atomic mass is 9.58. The van der Waals surface area contributed by atoms with Crippen molar-refractivity contribution in [3.05, 3.63) is 29.3 Å². The van der Waals surface area contributed by atoms with Crippen LogP contribution in [0.2, 0.25) is 0 Å². The summed E-state index contributed by atoms with van der Waals surface area (Å²) in [5.74, 6) is 1.56. The highest BCUT2D eigenvalue weighted by atomic mass is 79.9. The highest BCUT2D eigenvalue weighted by molar-refractivity contribution is 9.10. The van der Waals surface area contributed by atoms with E-state index in [0.29, 0.717) is 15.7 Å².